The molecular weight excluding hydrogens is 494 g/mol. The average Bonchev–Trinajstić information content (AvgIpc) is 3.06. The van der Waals surface area contributed by atoms with Crippen LogP contribution in [-0.2, 0) is 0 Å². The number of fused-ring (bicyclic) bond motifs is 1. The fraction of sp³-hybridized carbons (Fsp3) is 0. The van der Waals surface area contributed by atoms with Gasteiger partial charge in [-0.05, 0) is 86.6 Å². The van der Waals surface area contributed by atoms with E-state index < -0.39 is 0 Å². The zero-order valence-electron chi connectivity index (χ0n) is 22.7. The van der Waals surface area contributed by atoms with Crippen LogP contribution >= 0.6 is 0 Å². The second kappa shape index (κ2) is 11.0. The van der Waals surface area contributed by atoms with Crippen LogP contribution in [0.5, 0.6) is 0 Å². The maximum absolute atomic E-state index is 2.37. The average molecular weight is 524 g/mol. The minimum Gasteiger partial charge on any atom is -0.310 e. The molecule has 0 spiro atoms. The molecule has 0 heterocycles. The summed E-state index contributed by atoms with van der Waals surface area (Å²) < 4.78 is 0. The van der Waals surface area contributed by atoms with E-state index >= 15 is 0 Å². The molecule has 7 rings (SSSR count). The standard InChI is InChI=1S/C40H29N/c1-4-14-30(15-5-1)34-26-35(31-16-6-2-7-17-31)29-38(28-34)41(36-21-8-3-9-22-36)37-23-12-20-33(27-37)40-25-13-19-32-18-10-11-24-39(32)40/h1-29H. The van der Waals surface area contributed by atoms with Crippen molar-refractivity contribution >= 4 is 27.8 Å². The van der Waals surface area contributed by atoms with Crippen LogP contribution in [0.3, 0.4) is 0 Å². The van der Waals surface area contributed by atoms with Crippen molar-refractivity contribution in [2.75, 3.05) is 4.90 Å². The Morgan fingerprint density at radius 3 is 1.46 bits per heavy atom. The first kappa shape index (κ1) is 24.6. The van der Waals surface area contributed by atoms with E-state index in [-0.39, 0.29) is 0 Å². The minimum atomic E-state index is 1.12. The van der Waals surface area contributed by atoms with Gasteiger partial charge in [0.25, 0.3) is 0 Å². The van der Waals surface area contributed by atoms with Crippen molar-refractivity contribution in [2.45, 2.75) is 0 Å². The molecule has 0 fully saturated rings. The normalized spacial score (nSPS) is 10.9. The molecule has 0 N–H and O–H groups in total. The summed E-state index contributed by atoms with van der Waals surface area (Å²) in [6, 6.07) is 62.9. The van der Waals surface area contributed by atoms with Gasteiger partial charge in [-0.1, -0.05) is 133 Å². The van der Waals surface area contributed by atoms with E-state index in [1.165, 1.54) is 44.2 Å². The second-order valence-electron chi connectivity index (χ2n) is 10.2. The van der Waals surface area contributed by atoms with E-state index in [0.29, 0.717) is 0 Å². The first-order valence-electron chi connectivity index (χ1n) is 14.0. The highest BCUT2D eigenvalue weighted by molar-refractivity contribution is 5.97. The summed E-state index contributed by atoms with van der Waals surface area (Å²) in [4.78, 5) is 2.37. The number of para-hydroxylation sites is 1. The van der Waals surface area contributed by atoms with Crippen molar-refractivity contribution in [3.05, 3.63) is 176 Å². The van der Waals surface area contributed by atoms with Crippen LogP contribution in [0.1, 0.15) is 0 Å². The number of hydrogen-bond acceptors (Lipinski definition) is 1. The van der Waals surface area contributed by atoms with Crippen molar-refractivity contribution in [1.82, 2.24) is 0 Å². The van der Waals surface area contributed by atoms with Crippen LogP contribution in [0, 0.1) is 0 Å². The van der Waals surface area contributed by atoms with Gasteiger partial charge in [0.2, 0.25) is 0 Å². The van der Waals surface area contributed by atoms with Crippen molar-refractivity contribution in [1.29, 1.82) is 0 Å². The van der Waals surface area contributed by atoms with Gasteiger partial charge in [0.05, 0.1) is 0 Å². The fourth-order valence-corrected chi connectivity index (χ4v) is 5.65. The molecule has 7 aromatic carbocycles. The lowest BCUT2D eigenvalue weighted by molar-refractivity contribution is 1.28. The fourth-order valence-electron chi connectivity index (χ4n) is 5.65. The quantitative estimate of drug-likeness (QED) is 0.209. The molecular formula is C40H29N. The SMILES string of the molecule is c1ccc(-c2cc(-c3ccccc3)cc(N(c3ccccc3)c3cccc(-c4cccc5ccccc45)c3)c2)cc1. The zero-order valence-corrected chi connectivity index (χ0v) is 22.7. The van der Waals surface area contributed by atoms with Crippen LogP contribution in [0.4, 0.5) is 17.1 Å². The maximum Gasteiger partial charge on any atom is 0.0473 e. The number of nitrogens with zero attached hydrogens (tertiary/aromatic N) is 1. The first-order chi connectivity index (χ1) is 20.3. The van der Waals surface area contributed by atoms with Crippen LogP contribution in [-0.4, -0.2) is 0 Å². The van der Waals surface area contributed by atoms with Gasteiger partial charge in [-0.3, -0.25) is 0 Å². The lowest BCUT2D eigenvalue weighted by Gasteiger charge is -2.27. The molecule has 0 unspecified atom stereocenters. The van der Waals surface area contributed by atoms with E-state index in [4.69, 9.17) is 0 Å². The number of anilines is 3. The summed E-state index contributed by atoms with van der Waals surface area (Å²) in [5.74, 6) is 0. The Kier molecular flexibility index (Phi) is 6.61. The van der Waals surface area contributed by atoms with Gasteiger partial charge in [0, 0.05) is 17.1 Å². The van der Waals surface area contributed by atoms with Gasteiger partial charge in [0.15, 0.2) is 0 Å². The van der Waals surface area contributed by atoms with Gasteiger partial charge in [-0.25, -0.2) is 0 Å². The Balaban J connectivity index is 1.44. The van der Waals surface area contributed by atoms with Crippen LogP contribution < -0.4 is 4.90 Å². The Morgan fingerprint density at radius 2 is 0.780 bits per heavy atom. The molecule has 0 atom stereocenters. The van der Waals surface area contributed by atoms with Gasteiger partial charge < -0.3 is 4.90 Å². The molecule has 194 valence electrons. The van der Waals surface area contributed by atoms with Crippen molar-refractivity contribution in [3.8, 4) is 33.4 Å². The number of benzene rings is 7. The highest BCUT2D eigenvalue weighted by Gasteiger charge is 2.16. The molecule has 41 heavy (non-hydrogen) atoms. The molecule has 0 aliphatic carbocycles. The van der Waals surface area contributed by atoms with Crippen molar-refractivity contribution in [3.63, 3.8) is 0 Å². The lowest BCUT2D eigenvalue weighted by Crippen LogP contribution is -2.10. The van der Waals surface area contributed by atoms with Crippen molar-refractivity contribution < 1.29 is 0 Å². The highest BCUT2D eigenvalue weighted by atomic mass is 15.1. The van der Waals surface area contributed by atoms with E-state index in [1.807, 2.05) is 0 Å². The summed E-state index contributed by atoms with van der Waals surface area (Å²) in [5.41, 5.74) is 10.6. The summed E-state index contributed by atoms with van der Waals surface area (Å²) in [7, 11) is 0. The predicted octanol–water partition coefficient (Wildman–Crippen LogP) is 11.3. The smallest absolute Gasteiger partial charge is 0.0473 e. The number of hydrogen-bond donors (Lipinski definition) is 0. The topological polar surface area (TPSA) is 3.24 Å². The molecule has 0 saturated carbocycles. The largest absolute Gasteiger partial charge is 0.310 e. The predicted molar refractivity (Wildman–Crippen MR) is 175 cm³/mol. The molecule has 0 bridgehead atoms. The molecule has 0 amide bonds. The zero-order chi connectivity index (χ0) is 27.4. The van der Waals surface area contributed by atoms with Crippen LogP contribution in [0.2, 0.25) is 0 Å². The molecule has 0 aromatic heterocycles. The van der Waals surface area contributed by atoms with Crippen LogP contribution in [0.15, 0.2) is 176 Å². The summed E-state index contributed by atoms with van der Waals surface area (Å²) >= 11 is 0. The Morgan fingerprint density at radius 1 is 0.293 bits per heavy atom. The molecule has 7 aromatic rings. The summed E-state index contributed by atoms with van der Waals surface area (Å²) in [6.45, 7) is 0. The van der Waals surface area contributed by atoms with E-state index in [9.17, 15) is 0 Å². The third kappa shape index (κ3) is 5.02. The third-order valence-electron chi connectivity index (χ3n) is 7.61. The minimum absolute atomic E-state index is 1.12. The van der Waals surface area contributed by atoms with Gasteiger partial charge in [-0.15, -0.1) is 0 Å². The lowest BCUT2D eigenvalue weighted by atomic mass is 9.96. The van der Waals surface area contributed by atoms with E-state index in [2.05, 4.69) is 181 Å². The number of rotatable bonds is 6. The van der Waals surface area contributed by atoms with Gasteiger partial charge in [-0.2, -0.15) is 0 Å². The Labute approximate surface area is 241 Å². The second-order valence-corrected chi connectivity index (χ2v) is 10.2. The monoisotopic (exact) mass is 523 g/mol. The highest BCUT2D eigenvalue weighted by Crippen LogP contribution is 2.41. The maximum atomic E-state index is 2.37. The van der Waals surface area contributed by atoms with E-state index in [1.54, 1.807) is 0 Å². The van der Waals surface area contributed by atoms with Gasteiger partial charge >= 0.3 is 0 Å². The van der Waals surface area contributed by atoms with Crippen molar-refractivity contribution in [2.24, 2.45) is 0 Å². The molecule has 0 aliphatic heterocycles. The van der Waals surface area contributed by atoms with Gasteiger partial charge in [0.1, 0.15) is 0 Å². The Hall–Kier alpha value is -5.40. The molecule has 1 nitrogen and oxygen atoms in total. The Bertz CT molecular complexity index is 1860. The summed E-state index contributed by atoms with van der Waals surface area (Å²) in [6.07, 6.45) is 0. The molecule has 0 aliphatic rings. The summed E-state index contributed by atoms with van der Waals surface area (Å²) in [5, 5.41) is 2.51. The molecule has 0 radical (unpaired) electrons. The van der Waals surface area contributed by atoms with E-state index in [0.717, 1.165) is 17.1 Å². The van der Waals surface area contributed by atoms with Crippen LogP contribution in [0.25, 0.3) is 44.2 Å². The third-order valence-corrected chi connectivity index (χ3v) is 7.61. The molecule has 1 heteroatoms. The first-order valence-corrected chi connectivity index (χ1v) is 14.0. The molecule has 0 saturated heterocycles.